The second-order valence-corrected chi connectivity index (χ2v) is 5.65. The largest absolute Gasteiger partial charge is 0.320 e. The minimum atomic E-state index is -0.450. The molecule has 106 valence electrons. The highest BCUT2D eigenvalue weighted by atomic mass is 35.5. The lowest BCUT2D eigenvalue weighted by atomic mass is 9.94. The molecule has 0 saturated carbocycles. The average Bonchev–Trinajstić information content (AvgIpc) is 2.50. The van der Waals surface area contributed by atoms with Crippen LogP contribution in [0.25, 0.3) is 10.8 Å². The summed E-state index contributed by atoms with van der Waals surface area (Å²) < 4.78 is 13.3. The lowest BCUT2D eigenvalue weighted by Gasteiger charge is -2.16. The van der Waals surface area contributed by atoms with Gasteiger partial charge in [-0.1, -0.05) is 59.6 Å². The summed E-state index contributed by atoms with van der Waals surface area (Å²) in [6.07, 6.45) is 0. The van der Waals surface area contributed by atoms with E-state index in [1.54, 1.807) is 12.1 Å². The number of fused-ring (bicyclic) bond motifs is 1. The SMILES string of the molecule is NC(c1ccc(F)c(Cl)c1)c1ccc(Cl)c2ccccc12. The van der Waals surface area contributed by atoms with Crippen molar-refractivity contribution in [1.29, 1.82) is 0 Å². The molecule has 21 heavy (non-hydrogen) atoms. The third kappa shape index (κ3) is 2.62. The maximum atomic E-state index is 13.3. The molecular formula is C17H12Cl2FN. The summed E-state index contributed by atoms with van der Waals surface area (Å²) in [5, 5.41) is 2.68. The van der Waals surface area contributed by atoms with Gasteiger partial charge in [-0.2, -0.15) is 0 Å². The molecule has 0 aliphatic heterocycles. The quantitative estimate of drug-likeness (QED) is 0.678. The first kappa shape index (κ1) is 14.3. The normalized spacial score (nSPS) is 12.6. The second kappa shape index (κ2) is 5.64. The van der Waals surface area contributed by atoms with Crippen LogP contribution in [0.15, 0.2) is 54.6 Å². The highest BCUT2D eigenvalue weighted by Gasteiger charge is 2.14. The smallest absolute Gasteiger partial charge is 0.141 e. The summed E-state index contributed by atoms with van der Waals surface area (Å²) in [7, 11) is 0. The van der Waals surface area contributed by atoms with E-state index in [0.29, 0.717) is 5.02 Å². The number of rotatable bonds is 2. The Morgan fingerprint density at radius 3 is 2.29 bits per heavy atom. The maximum absolute atomic E-state index is 13.3. The Labute approximate surface area is 132 Å². The van der Waals surface area contributed by atoms with Gasteiger partial charge < -0.3 is 5.73 Å². The Morgan fingerprint density at radius 2 is 1.57 bits per heavy atom. The molecule has 1 unspecified atom stereocenters. The van der Waals surface area contributed by atoms with Crippen LogP contribution < -0.4 is 5.73 Å². The summed E-state index contributed by atoms with van der Waals surface area (Å²) in [4.78, 5) is 0. The first-order chi connectivity index (χ1) is 10.1. The molecule has 0 radical (unpaired) electrons. The Morgan fingerprint density at radius 1 is 0.857 bits per heavy atom. The van der Waals surface area contributed by atoms with Gasteiger partial charge in [-0.25, -0.2) is 4.39 Å². The van der Waals surface area contributed by atoms with Crippen molar-refractivity contribution in [2.45, 2.75) is 6.04 Å². The first-order valence-corrected chi connectivity index (χ1v) is 7.21. The minimum absolute atomic E-state index is 0.0706. The van der Waals surface area contributed by atoms with E-state index in [2.05, 4.69) is 0 Å². The van der Waals surface area contributed by atoms with Gasteiger partial charge in [0, 0.05) is 10.4 Å². The van der Waals surface area contributed by atoms with Crippen molar-refractivity contribution in [2.75, 3.05) is 0 Å². The molecular weight excluding hydrogens is 308 g/mol. The Hall–Kier alpha value is -1.61. The predicted octanol–water partition coefficient (Wildman–Crippen LogP) is 5.33. The van der Waals surface area contributed by atoms with Crippen molar-refractivity contribution in [3.63, 3.8) is 0 Å². The summed E-state index contributed by atoms with van der Waals surface area (Å²) in [5.74, 6) is -0.450. The van der Waals surface area contributed by atoms with Crippen molar-refractivity contribution >= 4 is 34.0 Å². The molecule has 0 aromatic heterocycles. The summed E-state index contributed by atoms with van der Waals surface area (Å²) in [6.45, 7) is 0. The van der Waals surface area contributed by atoms with E-state index < -0.39 is 11.9 Å². The fourth-order valence-electron chi connectivity index (χ4n) is 2.44. The van der Waals surface area contributed by atoms with E-state index in [0.717, 1.165) is 21.9 Å². The van der Waals surface area contributed by atoms with E-state index in [-0.39, 0.29) is 5.02 Å². The molecule has 1 nitrogen and oxygen atoms in total. The Balaban J connectivity index is 2.15. The van der Waals surface area contributed by atoms with Crippen LogP contribution in [0.1, 0.15) is 17.2 Å². The highest BCUT2D eigenvalue weighted by molar-refractivity contribution is 6.35. The molecule has 0 bridgehead atoms. The van der Waals surface area contributed by atoms with Crippen LogP contribution >= 0.6 is 23.2 Å². The molecule has 2 N–H and O–H groups in total. The third-order valence-corrected chi connectivity index (χ3v) is 4.16. The van der Waals surface area contributed by atoms with Gasteiger partial charge in [0.15, 0.2) is 0 Å². The molecule has 0 fully saturated rings. The van der Waals surface area contributed by atoms with Gasteiger partial charge in [-0.05, 0) is 34.7 Å². The van der Waals surface area contributed by atoms with E-state index in [9.17, 15) is 4.39 Å². The zero-order chi connectivity index (χ0) is 15.0. The van der Waals surface area contributed by atoms with Crippen LogP contribution in [0.5, 0.6) is 0 Å². The van der Waals surface area contributed by atoms with Gasteiger partial charge in [0.1, 0.15) is 5.82 Å². The molecule has 0 saturated heterocycles. The van der Waals surface area contributed by atoms with Crippen LogP contribution in [0.3, 0.4) is 0 Å². The molecule has 3 aromatic rings. The van der Waals surface area contributed by atoms with Crippen molar-refractivity contribution in [3.8, 4) is 0 Å². The summed E-state index contributed by atoms with van der Waals surface area (Å²) in [5.41, 5.74) is 8.01. The lowest BCUT2D eigenvalue weighted by Crippen LogP contribution is -2.12. The zero-order valence-corrected chi connectivity index (χ0v) is 12.5. The van der Waals surface area contributed by atoms with Gasteiger partial charge in [-0.15, -0.1) is 0 Å². The fraction of sp³-hybridized carbons (Fsp3) is 0.0588. The minimum Gasteiger partial charge on any atom is -0.320 e. The number of nitrogens with two attached hydrogens (primary N) is 1. The van der Waals surface area contributed by atoms with E-state index >= 15 is 0 Å². The molecule has 3 rings (SSSR count). The molecule has 0 heterocycles. The standard InChI is InChI=1S/C17H12Cl2FN/c18-14-7-6-13(11-3-1-2-4-12(11)14)17(21)10-5-8-16(20)15(19)9-10/h1-9,17H,21H2. The monoisotopic (exact) mass is 319 g/mol. The maximum Gasteiger partial charge on any atom is 0.141 e. The Bertz CT molecular complexity index is 817. The van der Waals surface area contributed by atoms with Crippen molar-refractivity contribution in [3.05, 3.63) is 81.6 Å². The van der Waals surface area contributed by atoms with E-state index in [1.165, 1.54) is 6.07 Å². The molecule has 1 atom stereocenters. The van der Waals surface area contributed by atoms with Crippen LogP contribution in [0, 0.1) is 5.82 Å². The topological polar surface area (TPSA) is 26.0 Å². The highest BCUT2D eigenvalue weighted by Crippen LogP contribution is 2.32. The Kier molecular flexibility index (Phi) is 3.85. The first-order valence-electron chi connectivity index (χ1n) is 6.45. The second-order valence-electron chi connectivity index (χ2n) is 4.83. The number of hydrogen-bond acceptors (Lipinski definition) is 1. The van der Waals surface area contributed by atoms with Crippen LogP contribution in [-0.2, 0) is 0 Å². The average molecular weight is 320 g/mol. The number of halogens is 3. The zero-order valence-electron chi connectivity index (χ0n) is 11.0. The molecule has 0 aliphatic carbocycles. The van der Waals surface area contributed by atoms with Gasteiger partial charge in [0.05, 0.1) is 11.1 Å². The lowest BCUT2D eigenvalue weighted by molar-refractivity contribution is 0.627. The summed E-state index contributed by atoms with van der Waals surface area (Å²) in [6, 6.07) is 15.6. The number of benzene rings is 3. The van der Waals surface area contributed by atoms with Crippen LogP contribution in [0.2, 0.25) is 10.0 Å². The van der Waals surface area contributed by atoms with Gasteiger partial charge in [0.25, 0.3) is 0 Å². The van der Waals surface area contributed by atoms with Gasteiger partial charge in [-0.3, -0.25) is 0 Å². The van der Waals surface area contributed by atoms with Gasteiger partial charge >= 0.3 is 0 Å². The number of hydrogen-bond donors (Lipinski definition) is 1. The van der Waals surface area contributed by atoms with Crippen molar-refractivity contribution < 1.29 is 4.39 Å². The molecule has 0 amide bonds. The fourth-order valence-corrected chi connectivity index (χ4v) is 2.86. The molecule has 0 aliphatic rings. The molecule has 0 spiro atoms. The van der Waals surface area contributed by atoms with Crippen LogP contribution in [-0.4, -0.2) is 0 Å². The van der Waals surface area contributed by atoms with Crippen LogP contribution in [0.4, 0.5) is 4.39 Å². The summed E-state index contributed by atoms with van der Waals surface area (Å²) >= 11 is 12.1. The third-order valence-electron chi connectivity index (χ3n) is 3.54. The van der Waals surface area contributed by atoms with E-state index in [1.807, 2.05) is 36.4 Å². The van der Waals surface area contributed by atoms with Gasteiger partial charge in [0.2, 0.25) is 0 Å². The van der Waals surface area contributed by atoms with Crippen molar-refractivity contribution in [1.82, 2.24) is 0 Å². The van der Waals surface area contributed by atoms with E-state index in [4.69, 9.17) is 28.9 Å². The molecule has 3 aromatic carbocycles. The molecule has 4 heteroatoms. The van der Waals surface area contributed by atoms with Crippen molar-refractivity contribution in [2.24, 2.45) is 5.73 Å². The predicted molar refractivity (Wildman–Crippen MR) is 86.4 cm³/mol.